The molecular weight excluding hydrogens is 290 g/mol. The zero-order valence-corrected chi connectivity index (χ0v) is 13.3. The summed E-state index contributed by atoms with van der Waals surface area (Å²) in [6, 6.07) is 7.36. The molecule has 0 bridgehead atoms. The largest absolute Gasteiger partial charge is 0.351 e. The van der Waals surface area contributed by atoms with Crippen LogP contribution >= 0.6 is 11.6 Å². The van der Waals surface area contributed by atoms with Crippen LogP contribution in [0, 0.1) is 0 Å². The van der Waals surface area contributed by atoms with Crippen molar-refractivity contribution in [1.82, 2.24) is 10.6 Å². The molecule has 0 aromatic heterocycles. The Balaban J connectivity index is 2.28. The quantitative estimate of drug-likeness (QED) is 0.632. The maximum atomic E-state index is 11.8. The van der Waals surface area contributed by atoms with Crippen LogP contribution in [0.25, 0.3) is 0 Å². The maximum absolute atomic E-state index is 11.8. The highest BCUT2D eigenvalue weighted by Crippen LogP contribution is 2.09. The Morgan fingerprint density at radius 3 is 2.48 bits per heavy atom. The second-order valence-corrected chi connectivity index (χ2v) is 5.50. The van der Waals surface area contributed by atoms with Gasteiger partial charge in [0.2, 0.25) is 0 Å². The standard InChI is InChI=1S/C15H22ClN3O2/c1-3-7-17-14(20)10-19(2)11-15(21)18-9-12-5-4-6-13(16)8-12/h4-6,8H,3,7,9-11H2,1-2H3,(H,17,20)(H,18,21)/p+1. The van der Waals surface area contributed by atoms with Crippen LogP contribution < -0.4 is 15.5 Å². The lowest BCUT2D eigenvalue weighted by Crippen LogP contribution is -3.11. The first-order valence-electron chi connectivity index (χ1n) is 7.10. The van der Waals surface area contributed by atoms with Crippen molar-refractivity contribution in [2.75, 3.05) is 26.7 Å². The smallest absolute Gasteiger partial charge is 0.275 e. The molecule has 1 unspecified atom stereocenters. The van der Waals surface area contributed by atoms with E-state index in [9.17, 15) is 9.59 Å². The molecule has 2 amide bonds. The Hall–Kier alpha value is -1.59. The van der Waals surface area contributed by atoms with Gasteiger partial charge in [-0.1, -0.05) is 30.7 Å². The third-order valence-corrected chi connectivity index (χ3v) is 3.11. The highest BCUT2D eigenvalue weighted by molar-refractivity contribution is 6.30. The molecule has 6 heteroatoms. The van der Waals surface area contributed by atoms with Gasteiger partial charge >= 0.3 is 0 Å². The summed E-state index contributed by atoms with van der Waals surface area (Å²) in [4.78, 5) is 24.2. The maximum Gasteiger partial charge on any atom is 0.275 e. The lowest BCUT2D eigenvalue weighted by molar-refractivity contribution is -0.862. The van der Waals surface area contributed by atoms with Crippen LogP contribution in [0.2, 0.25) is 5.02 Å². The van der Waals surface area contributed by atoms with Crippen molar-refractivity contribution in [3.05, 3.63) is 34.9 Å². The zero-order chi connectivity index (χ0) is 15.7. The van der Waals surface area contributed by atoms with Gasteiger partial charge < -0.3 is 15.5 Å². The summed E-state index contributed by atoms with van der Waals surface area (Å²) in [6.45, 7) is 3.67. The number of carbonyl (C=O) groups is 2. The van der Waals surface area contributed by atoms with Crippen molar-refractivity contribution >= 4 is 23.4 Å². The predicted molar refractivity (Wildman–Crippen MR) is 83.2 cm³/mol. The number of nitrogens with one attached hydrogen (secondary N) is 3. The molecule has 0 aliphatic rings. The second-order valence-electron chi connectivity index (χ2n) is 5.07. The summed E-state index contributed by atoms with van der Waals surface area (Å²) in [5.41, 5.74) is 0.953. The highest BCUT2D eigenvalue weighted by atomic mass is 35.5. The van der Waals surface area contributed by atoms with Gasteiger partial charge in [0.05, 0.1) is 7.05 Å². The average molecular weight is 313 g/mol. The van der Waals surface area contributed by atoms with E-state index in [4.69, 9.17) is 11.6 Å². The Kier molecular flexibility index (Phi) is 7.79. The Morgan fingerprint density at radius 1 is 1.19 bits per heavy atom. The van der Waals surface area contributed by atoms with Crippen LogP contribution in [0.4, 0.5) is 0 Å². The number of likely N-dealkylation sites (N-methyl/N-ethyl adjacent to an activating group) is 1. The molecular formula is C15H23ClN3O2+. The van der Waals surface area contributed by atoms with Gasteiger partial charge in [-0.25, -0.2) is 0 Å². The molecule has 0 heterocycles. The number of amides is 2. The fourth-order valence-corrected chi connectivity index (χ4v) is 2.06. The van der Waals surface area contributed by atoms with Gasteiger partial charge in [0.25, 0.3) is 11.8 Å². The first-order valence-corrected chi connectivity index (χ1v) is 7.48. The van der Waals surface area contributed by atoms with Crippen LogP contribution in [0.3, 0.4) is 0 Å². The molecule has 116 valence electrons. The first-order chi connectivity index (χ1) is 10.0. The number of rotatable bonds is 8. The minimum Gasteiger partial charge on any atom is -0.351 e. The summed E-state index contributed by atoms with van der Waals surface area (Å²) >= 11 is 5.88. The fourth-order valence-electron chi connectivity index (χ4n) is 1.85. The van der Waals surface area contributed by atoms with E-state index in [1.54, 1.807) is 6.07 Å². The molecule has 1 aromatic rings. The Bertz CT molecular complexity index is 480. The van der Waals surface area contributed by atoms with Gasteiger partial charge in [-0.3, -0.25) is 9.59 Å². The van der Waals surface area contributed by atoms with Crippen molar-refractivity contribution in [2.45, 2.75) is 19.9 Å². The van der Waals surface area contributed by atoms with Crippen LogP contribution in [0.5, 0.6) is 0 Å². The van der Waals surface area contributed by atoms with Gasteiger partial charge in [0.15, 0.2) is 13.1 Å². The van der Waals surface area contributed by atoms with Crippen molar-refractivity contribution in [3.8, 4) is 0 Å². The van der Waals surface area contributed by atoms with E-state index >= 15 is 0 Å². The molecule has 0 radical (unpaired) electrons. The summed E-state index contributed by atoms with van der Waals surface area (Å²) in [5, 5.41) is 6.27. The van der Waals surface area contributed by atoms with Gasteiger partial charge in [-0.15, -0.1) is 0 Å². The third kappa shape index (κ3) is 7.68. The van der Waals surface area contributed by atoms with E-state index in [1.165, 1.54) is 0 Å². The van der Waals surface area contributed by atoms with Crippen molar-refractivity contribution in [2.24, 2.45) is 0 Å². The van der Waals surface area contributed by atoms with E-state index in [0.29, 0.717) is 24.7 Å². The fraction of sp³-hybridized carbons (Fsp3) is 0.467. The van der Waals surface area contributed by atoms with Crippen LogP contribution in [0.1, 0.15) is 18.9 Å². The van der Waals surface area contributed by atoms with Crippen LogP contribution in [-0.4, -0.2) is 38.5 Å². The van der Waals surface area contributed by atoms with E-state index in [2.05, 4.69) is 10.6 Å². The third-order valence-electron chi connectivity index (χ3n) is 2.88. The Morgan fingerprint density at radius 2 is 1.86 bits per heavy atom. The van der Waals surface area contributed by atoms with Gasteiger partial charge in [0, 0.05) is 18.1 Å². The van der Waals surface area contributed by atoms with Crippen molar-refractivity contribution in [1.29, 1.82) is 0 Å². The molecule has 1 rings (SSSR count). The molecule has 1 aromatic carbocycles. The molecule has 0 spiro atoms. The van der Waals surface area contributed by atoms with Crippen LogP contribution in [0.15, 0.2) is 24.3 Å². The SMILES string of the molecule is CCCNC(=O)C[NH+](C)CC(=O)NCc1cccc(Cl)c1. The van der Waals surface area contributed by atoms with E-state index in [1.807, 2.05) is 32.2 Å². The van der Waals surface area contributed by atoms with Crippen molar-refractivity contribution in [3.63, 3.8) is 0 Å². The molecule has 0 aliphatic heterocycles. The number of quaternary nitrogens is 1. The zero-order valence-electron chi connectivity index (χ0n) is 12.5. The normalized spacial score (nSPS) is 11.8. The molecule has 0 saturated heterocycles. The summed E-state index contributed by atoms with van der Waals surface area (Å²) in [6.07, 6.45) is 0.908. The highest BCUT2D eigenvalue weighted by Gasteiger charge is 2.13. The molecule has 3 N–H and O–H groups in total. The van der Waals surface area contributed by atoms with Gasteiger partial charge in [-0.2, -0.15) is 0 Å². The predicted octanol–water partition coefficient (Wildman–Crippen LogP) is -0.00290. The number of benzene rings is 1. The molecule has 0 aliphatic carbocycles. The summed E-state index contributed by atoms with van der Waals surface area (Å²) in [5.74, 6) is -0.118. The Labute approximate surface area is 130 Å². The van der Waals surface area contributed by atoms with E-state index in [0.717, 1.165) is 16.9 Å². The average Bonchev–Trinajstić information content (AvgIpc) is 2.43. The monoisotopic (exact) mass is 312 g/mol. The molecule has 0 saturated carbocycles. The van der Waals surface area contributed by atoms with Gasteiger partial charge in [0.1, 0.15) is 0 Å². The number of halogens is 1. The minimum absolute atomic E-state index is 0.0306. The molecule has 21 heavy (non-hydrogen) atoms. The first kappa shape index (κ1) is 17.5. The number of hydrogen-bond acceptors (Lipinski definition) is 2. The molecule has 5 nitrogen and oxygen atoms in total. The summed E-state index contributed by atoms with van der Waals surface area (Å²) < 4.78 is 0. The lowest BCUT2D eigenvalue weighted by Gasteiger charge is -2.13. The second kappa shape index (κ2) is 9.37. The topological polar surface area (TPSA) is 62.6 Å². The van der Waals surface area contributed by atoms with Crippen molar-refractivity contribution < 1.29 is 14.5 Å². The number of hydrogen-bond donors (Lipinski definition) is 3. The molecule has 0 fully saturated rings. The molecule has 1 atom stereocenters. The van der Waals surface area contributed by atoms with E-state index < -0.39 is 0 Å². The number of carbonyl (C=O) groups excluding carboxylic acids is 2. The van der Waals surface area contributed by atoms with Crippen LogP contribution in [-0.2, 0) is 16.1 Å². The lowest BCUT2D eigenvalue weighted by atomic mass is 10.2. The minimum atomic E-state index is -0.0873. The van der Waals surface area contributed by atoms with Gasteiger partial charge in [-0.05, 0) is 24.1 Å². The summed E-state index contributed by atoms with van der Waals surface area (Å²) in [7, 11) is 1.82. The van der Waals surface area contributed by atoms with E-state index in [-0.39, 0.29) is 18.4 Å².